The van der Waals surface area contributed by atoms with Crippen LogP contribution in [0.5, 0.6) is 0 Å². The molecular weight excluding hydrogens is 160 g/mol. The van der Waals surface area contributed by atoms with Gasteiger partial charge in [0, 0.05) is 25.2 Å². The Bertz CT molecular complexity index is 121. The summed E-state index contributed by atoms with van der Waals surface area (Å²) in [6, 6.07) is 1.24. The minimum Gasteiger partial charge on any atom is -0.316 e. The molecule has 0 bridgehead atoms. The lowest BCUT2D eigenvalue weighted by Crippen LogP contribution is -2.42. The fourth-order valence-corrected chi connectivity index (χ4v) is 1.41. The Morgan fingerprint density at radius 1 is 1.00 bits per heavy atom. The predicted octanol–water partition coefficient (Wildman–Crippen LogP) is 1.96. The lowest BCUT2D eigenvalue weighted by atomic mass is 10.1. The van der Waals surface area contributed by atoms with Crippen molar-refractivity contribution in [1.82, 2.24) is 10.2 Å². The van der Waals surface area contributed by atoms with Gasteiger partial charge in [-0.2, -0.15) is 0 Å². The van der Waals surface area contributed by atoms with Crippen molar-refractivity contribution in [2.45, 2.75) is 46.7 Å². The highest BCUT2D eigenvalue weighted by molar-refractivity contribution is 4.70. The summed E-state index contributed by atoms with van der Waals surface area (Å²) in [6.07, 6.45) is 0. The summed E-state index contributed by atoms with van der Waals surface area (Å²) >= 11 is 0. The first-order chi connectivity index (χ1) is 5.97. The quantitative estimate of drug-likeness (QED) is 0.682. The average Bonchev–Trinajstić information content (AvgIpc) is 2.02. The number of rotatable bonds is 6. The number of hydrogen-bond donors (Lipinski definition) is 1. The lowest BCUT2D eigenvalue weighted by Gasteiger charge is -2.30. The zero-order chi connectivity index (χ0) is 10.4. The highest BCUT2D eigenvalue weighted by atomic mass is 15.2. The first-order valence-electron chi connectivity index (χ1n) is 5.38. The van der Waals surface area contributed by atoms with Gasteiger partial charge in [0.2, 0.25) is 0 Å². The second-order valence-corrected chi connectivity index (χ2v) is 4.63. The molecule has 1 unspecified atom stereocenters. The molecule has 0 aromatic rings. The van der Waals surface area contributed by atoms with E-state index in [1.807, 2.05) is 7.05 Å². The van der Waals surface area contributed by atoms with Gasteiger partial charge in [-0.25, -0.2) is 0 Å². The third-order valence-electron chi connectivity index (χ3n) is 2.33. The Hall–Kier alpha value is -0.0800. The molecule has 0 fully saturated rings. The standard InChI is InChI=1S/C11H26N2/c1-9(2)7-13(10(3)4)8-11(5)12-6/h9-12H,7-8H2,1-6H3. The Labute approximate surface area is 83.7 Å². The molecular formula is C11H26N2. The van der Waals surface area contributed by atoms with Gasteiger partial charge in [-0.3, -0.25) is 4.90 Å². The van der Waals surface area contributed by atoms with E-state index < -0.39 is 0 Å². The summed E-state index contributed by atoms with van der Waals surface area (Å²) in [7, 11) is 2.03. The number of nitrogens with one attached hydrogen (secondary N) is 1. The summed E-state index contributed by atoms with van der Waals surface area (Å²) < 4.78 is 0. The maximum Gasteiger partial charge on any atom is 0.0163 e. The van der Waals surface area contributed by atoms with Gasteiger partial charge in [-0.15, -0.1) is 0 Å². The molecule has 1 atom stereocenters. The van der Waals surface area contributed by atoms with E-state index in [0.717, 1.165) is 12.5 Å². The van der Waals surface area contributed by atoms with Crippen molar-refractivity contribution in [3.8, 4) is 0 Å². The molecule has 80 valence electrons. The Balaban J connectivity index is 3.94. The highest BCUT2D eigenvalue weighted by Crippen LogP contribution is 2.04. The zero-order valence-corrected chi connectivity index (χ0v) is 10.1. The molecule has 0 aliphatic rings. The fraction of sp³-hybridized carbons (Fsp3) is 1.00. The van der Waals surface area contributed by atoms with Crippen molar-refractivity contribution in [2.24, 2.45) is 5.92 Å². The van der Waals surface area contributed by atoms with Gasteiger partial charge >= 0.3 is 0 Å². The van der Waals surface area contributed by atoms with Crippen LogP contribution in [0.1, 0.15) is 34.6 Å². The van der Waals surface area contributed by atoms with Crippen molar-refractivity contribution in [2.75, 3.05) is 20.1 Å². The van der Waals surface area contributed by atoms with E-state index >= 15 is 0 Å². The van der Waals surface area contributed by atoms with Crippen LogP contribution >= 0.6 is 0 Å². The monoisotopic (exact) mass is 186 g/mol. The van der Waals surface area contributed by atoms with Gasteiger partial charge in [0.25, 0.3) is 0 Å². The summed E-state index contributed by atoms with van der Waals surface area (Å²) in [4.78, 5) is 2.53. The van der Waals surface area contributed by atoms with Gasteiger partial charge in [0.15, 0.2) is 0 Å². The Morgan fingerprint density at radius 2 is 1.54 bits per heavy atom. The van der Waals surface area contributed by atoms with Crippen LogP contribution < -0.4 is 5.32 Å². The van der Waals surface area contributed by atoms with E-state index in [1.54, 1.807) is 0 Å². The van der Waals surface area contributed by atoms with Crippen molar-refractivity contribution < 1.29 is 0 Å². The van der Waals surface area contributed by atoms with Crippen LogP contribution in [0.25, 0.3) is 0 Å². The Morgan fingerprint density at radius 3 is 1.85 bits per heavy atom. The molecule has 1 N–H and O–H groups in total. The van der Waals surface area contributed by atoms with E-state index in [9.17, 15) is 0 Å². The normalized spacial score (nSPS) is 14.5. The van der Waals surface area contributed by atoms with Crippen LogP contribution in [0.3, 0.4) is 0 Å². The summed E-state index contributed by atoms with van der Waals surface area (Å²) in [5.41, 5.74) is 0. The van der Waals surface area contributed by atoms with Crippen LogP contribution in [0, 0.1) is 5.92 Å². The van der Waals surface area contributed by atoms with Crippen LogP contribution in [0.2, 0.25) is 0 Å². The fourth-order valence-electron chi connectivity index (χ4n) is 1.41. The van der Waals surface area contributed by atoms with Gasteiger partial charge in [0.1, 0.15) is 0 Å². The average molecular weight is 186 g/mol. The first kappa shape index (κ1) is 12.9. The van der Waals surface area contributed by atoms with Gasteiger partial charge in [-0.1, -0.05) is 13.8 Å². The minimum absolute atomic E-state index is 0.584. The van der Waals surface area contributed by atoms with E-state index in [4.69, 9.17) is 0 Å². The lowest BCUT2D eigenvalue weighted by molar-refractivity contribution is 0.182. The second kappa shape index (κ2) is 6.39. The molecule has 0 aliphatic heterocycles. The van der Waals surface area contributed by atoms with Gasteiger partial charge in [-0.05, 0) is 33.7 Å². The smallest absolute Gasteiger partial charge is 0.0163 e. The molecule has 0 radical (unpaired) electrons. The molecule has 0 amide bonds. The molecule has 0 saturated carbocycles. The van der Waals surface area contributed by atoms with E-state index in [1.165, 1.54) is 6.54 Å². The molecule has 0 heterocycles. The SMILES string of the molecule is CNC(C)CN(CC(C)C)C(C)C. The van der Waals surface area contributed by atoms with Gasteiger partial charge < -0.3 is 5.32 Å². The van der Waals surface area contributed by atoms with Crippen molar-refractivity contribution in [1.29, 1.82) is 0 Å². The van der Waals surface area contributed by atoms with E-state index in [0.29, 0.717) is 12.1 Å². The maximum atomic E-state index is 3.28. The number of hydrogen-bond acceptors (Lipinski definition) is 2. The minimum atomic E-state index is 0.584. The third kappa shape index (κ3) is 6.05. The third-order valence-corrected chi connectivity index (χ3v) is 2.33. The van der Waals surface area contributed by atoms with Crippen LogP contribution in [-0.2, 0) is 0 Å². The van der Waals surface area contributed by atoms with Crippen molar-refractivity contribution >= 4 is 0 Å². The molecule has 2 heteroatoms. The molecule has 0 spiro atoms. The van der Waals surface area contributed by atoms with Crippen molar-refractivity contribution in [3.63, 3.8) is 0 Å². The molecule has 13 heavy (non-hydrogen) atoms. The predicted molar refractivity (Wildman–Crippen MR) is 60.1 cm³/mol. The molecule has 2 nitrogen and oxygen atoms in total. The van der Waals surface area contributed by atoms with Crippen LogP contribution in [0.15, 0.2) is 0 Å². The topological polar surface area (TPSA) is 15.3 Å². The first-order valence-corrected chi connectivity index (χ1v) is 5.38. The molecule has 0 aromatic heterocycles. The van der Waals surface area contributed by atoms with E-state index in [-0.39, 0.29) is 0 Å². The van der Waals surface area contributed by atoms with Gasteiger partial charge in [0.05, 0.1) is 0 Å². The largest absolute Gasteiger partial charge is 0.316 e. The zero-order valence-electron chi connectivity index (χ0n) is 10.1. The van der Waals surface area contributed by atoms with Crippen molar-refractivity contribution in [3.05, 3.63) is 0 Å². The van der Waals surface area contributed by atoms with Crippen LogP contribution in [0.4, 0.5) is 0 Å². The molecule has 0 aromatic carbocycles. The Kier molecular flexibility index (Phi) is 6.35. The van der Waals surface area contributed by atoms with Crippen LogP contribution in [-0.4, -0.2) is 37.1 Å². The highest BCUT2D eigenvalue weighted by Gasteiger charge is 2.13. The summed E-state index contributed by atoms with van der Waals surface area (Å²) in [6.45, 7) is 13.7. The van der Waals surface area contributed by atoms with E-state index in [2.05, 4.69) is 44.8 Å². The maximum absolute atomic E-state index is 3.28. The summed E-state index contributed by atoms with van der Waals surface area (Å²) in [5, 5.41) is 3.28. The number of nitrogens with zero attached hydrogens (tertiary/aromatic N) is 1. The molecule has 0 saturated heterocycles. The number of likely N-dealkylation sites (N-methyl/N-ethyl adjacent to an activating group) is 1. The molecule has 0 aliphatic carbocycles. The summed E-state index contributed by atoms with van der Waals surface area (Å²) in [5.74, 6) is 0.756. The molecule has 0 rings (SSSR count). The second-order valence-electron chi connectivity index (χ2n) is 4.63.